The summed E-state index contributed by atoms with van der Waals surface area (Å²) < 4.78 is 9.77. The fraction of sp³-hybridized carbons (Fsp3) is 0.190. The monoisotopic (exact) mass is 447 g/mol. The van der Waals surface area contributed by atoms with Gasteiger partial charge in [-0.3, -0.25) is 0 Å². The summed E-state index contributed by atoms with van der Waals surface area (Å²) in [5, 5.41) is 42.5. The fourth-order valence-corrected chi connectivity index (χ4v) is 4.42. The minimum absolute atomic E-state index is 0.122. The predicted octanol–water partition coefficient (Wildman–Crippen LogP) is 1.98. The van der Waals surface area contributed by atoms with Crippen LogP contribution in [-0.4, -0.2) is 47.8 Å². The molecule has 1 unspecified atom stereocenters. The van der Waals surface area contributed by atoms with Crippen LogP contribution in [0.2, 0.25) is 0 Å². The quantitative estimate of drug-likeness (QED) is 0.378. The van der Waals surface area contributed by atoms with Crippen molar-refractivity contribution in [2.75, 3.05) is 18.5 Å². The van der Waals surface area contributed by atoms with Crippen molar-refractivity contribution in [1.82, 2.24) is 24.4 Å². The van der Waals surface area contributed by atoms with Crippen LogP contribution in [0.4, 0.5) is 5.69 Å². The first-order valence-electron chi connectivity index (χ1n) is 9.66. The summed E-state index contributed by atoms with van der Waals surface area (Å²) in [6.07, 6.45) is 3.27. The highest BCUT2D eigenvalue weighted by Crippen LogP contribution is 2.42. The summed E-state index contributed by atoms with van der Waals surface area (Å²) in [5.41, 5.74) is 1.39. The van der Waals surface area contributed by atoms with Crippen molar-refractivity contribution < 1.29 is 14.9 Å². The highest BCUT2D eigenvalue weighted by atomic mass is 32.1. The van der Waals surface area contributed by atoms with Crippen molar-refractivity contribution in [3.8, 4) is 23.1 Å². The number of nitrogens with one attached hydrogen (secondary N) is 1. The van der Waals surface area contributed by atoms with Crippen LogP contribution in [-0.2, 0) is 10.3 Å². The van der Waals surface area contributed by atoms with Gasteiger partial charge in [0.25, 0.3) is 0 Å². The minimum atomic E-state index is -1.23. The van der Waals surface area contributed by atoms with Crippen molar-refractivity contribution >= 4 is 17.2 Å². The molecule has 4 heterocycles. The van der Waals surface area contributed by atoms with E-state index in [1.165, 1.54) is 23.4 Å². The van der Waals surface area contributed by atoms with E-state index < -0.39 is 11.8 Å². The van der Waals surface area contributed by atoms with E-state index in [2.05, 4.69) is 30.9 Å². The molecule has 1 aliphatic heterocycles. The molecule has 10 nitrogen and oxygen atoms in total. The lowest BCUT2D eigenvalue weighted by Crippen LogP contribution is -2.47. The number of anilines is 1. The number of aliphatic hydroxyl groups is 2. The van der Waals surface area contributed by atoms with E-state index in [0.29, 0.717) is 21.8 Å². The van der Waals surface area contributed by atoms with E-state index in [-0.39, 0.29) is 24.6 Å². The van der Waals surface area contributed by atoms with Crippen molar-refractivity contribution in [3.63, 3.8) is 0 Å². The molecule has 5 rings (SSSR count). The zero-order chi connectivity index (χ0) is 22.1. The standard InChI is InChI=1S/C21H17N7O3S/c22-9-14-8-15(10-23-19(14)28-24-6-7-25-28)26-20(29)18-16(21(30)11-31-12-21)17(27-32-18)13-4-2-1-3-5-13/h1-8,10,20,26,29-30H,11-12H2. The first kappa shape index (κ1) is 20.2. The van der Waals surface area contributed by atoms with Gasteiger partial charge in [0.05, 0.1) is 48.1 Å². The molecule has 0 spiro atoms. The van der Waals surface area contributed by atoms with Crippen LogP contribution in [0, 0.1) is 11.3 Å². The summed E-state index contributed by atoms with van der Waals surface area (Å²) in [7, 11) is 0. The third-order valence-electron chi connectivity index (χ3n) is 5.06. The lowest BCUT2D eigenvalue weighted by molar-refractivity contribution is -0.184. The Hall–Kier alpha value is -3.69. The summed E-state index contributed by atoms with van der Waals surface area (Å²) in [4.78, 5) is 5.96. The average molecular weight is 447 g/mol. The van der Waals surface area contributed by atoms with Crippen LogP contribution in [0.25, 0.3) is 17.1 Å². The lowest BCUT2D eigenvalue weighted by Gasteiger charge is -2.37. The molecule has 3 aromatic heterocycles. The first-order valence-corrected chi connectivity index (χ1v) is 10.4. The van der Waals surface area contributed by atoms with Crippen LogP contribution in [0.15, 0.2) is 55.0 Å². The summed E-state index contributed by atoms with van der Waals surface area (Å²) >= 11 is 1.10. The second kappa shape index (κ2) is 8.10. The molecule has 0 radical (unpaired) electrons. The van der Waals surface area contributed by atoms with Gasteiger partial charge in [-0.2, -0.15) is 19.8 Å². The molecule has 0 amide bonds. The molecular weight excluding hydrogens is 430 g/mol. The fourth-order valence-electron chi connectivity index (χ4n) is 3.50. The molecule has 1 aromatic carbocycles. The Morgan fingerprint density at radius 3 is 2.62 bits per heavy atom. The van der Waals surface area contributed by atoms with Gasteiger partial charge in [0.1, 0.15) is 17.2 Å². The predicted molar refractivity (Wildman–Crippen MR) is 115 cm³/mol. The highest BCUT2D eigenvalue weighted by Gasteiger charge is 2.44. The number of rotatable bonds is 6. The van der Waals surface area contributed by atoms with Crippen molar-refractivity contribution in [2.45, 2.75) is 11.8 Å². The number of nitriles is 1. The molecule has 1 atom stereocenters. The van der Waals surface area contributed by atoms with Crippen molar-refractivity contribution in [1.29, 1.82) is 5.26 Å². The number of nitrogens with zero attached hydrogens (tertiary/aromatic N) is 6. The highest BCUT2D eigenvalue weighted by molar-refractivity contribution is 7.06. The van der Waals surface area contributed by atoms with E-state index >= 15 is 0 Å². The maximum atomic E-state index is 11.1. The molecule has 11 heteroatoms. The van der Waals surface area contributed by atoms with Gasteiger partial charge in [-0.1, -0.05) is 30.3 Å². The summed E-state index contributed by atoms with van der Waals surface area (Å²) in [5.74, 6) is 0.281. The Balaban J connectivity index is 1.48. The van der Waals surface area contributed by atoms with Crippen LogP contribution >= 0.6 is 11.5 Å². The van der Waals surface area contributed by atoms with Gasteiger partial charge in [0.2, 0.25) is 0 Å². The Bertz CT molecular complexity index is 1280. The molecule has 160 valence electrons. The number of aromatic nitrogens is 5. The number of hydrogen-bond donors (Lipinski definition) is 3. The van der Waals surface area contributed by atoms with Gasteiger partial charge in [-0.25, -0.2) is 4.98 Å². The third-order valence-corrected chi connectivity index (χ3v) is 5.96. The second-order valence-electron chi connectivity index (χ2n) is 7.23. The molecule has 1 aliphatic rings. The average Bonchev–Trinajstić information content (AvgIpc) is 3.48. The van der Waals surface area contributed by atoms with E-state index in [0.717, 1.165) is 17.1 Å². The minimum Gasteiger partial charge on any atom is -0.380 e. The molecule has 0 saturated carbocycles. The first-order chi connectivity index (χ1) is 15.6. The Kier molecular flexibility index (Phi) is 5.12. The van der Waals surface area contributed by atoms with E-state index in [1.807, 2.05) is 30.3 Å². The van der Waals surface area contributed by atoms with Gasteiger partial charge in [-0.15, -0.1) is 4.80 Å². The smallest absolute Gasteiger partial charge is 0.192 e. The third kappa shape index (κ3) is 3.51. The number of benzene rings is 1. The van der Waals surface area contributed by atoms with Crippen LogP contribution in [0.5, 0.6) is 0 Å². The Morgan fingerprint density at radius 2 is 1.97 bits per heavy atom. The van der Waals surface area contributed by atoms with Crippen molar-refractivity contribution in [2.24, 2.45) is 0 Å². The van der Waals surface area contributed by atoms with Crippen LogP contribution in [0.1, 0.15) is 22.2 Å². The Labute approximate surface area is 186 Å². The molecular formula is C21H17N7O3S. The number of pyridine rings is 1. The molecule has 1 fully saturated rings. The van der Waals surface area contributed by atoms with E-state index in [1.54, 1.807) is 6.07 Å². The lowest BCUT2D eigenvalue weighted by atomic mass is 9.88. The van der Waals surface area contributed by atoms with Crippen LogP contribution in [0.3, 0.4) is 0 Å². The zero-order valence-corrected chi connectivity index (χ0v) is 17.4. The number of aliphatic hydroxyl groups excluding tert-OH is 1. The van der Waals surface area contributed by atoms with Gasteiger partial charge in [-0.05, 0) is 17.6 Å². The van der Waals surface area contributed by atoms with Gasteiger partial charge in [0, 0.05) is 11.1 Å². The largest absolute Gasteiger partial charge is 0.380 e. The second-order valence-corrected chi connectivity index (χ2v) is 8.04. The number of hydrogen-bond acceptors (Lipinski definition) is 10. The maximum Gasteiger partial charge on any atom is 0.192 e. The maximum absolute atomic E-state index is 11.1. The SMILES string of the molecule is N#Cc1cc(NC(O)c2snc(-c3ccccc3)c2C2(O)COC2)cnc1-n1nccn1. The van der Waals surface area contributed by atoms with Crippen molar-refractivity contribution in [3.05, 3.63) is 71.0 Å². The number of ether oxygens (including phenoxy) is 1. The Morgan fingerprint density at radius 1 is 1.22 bits per heavy atom. The molecule has 3 N–H and O–H groups in total. The van der Waals surface area contributed by atoms with Crippen LogP contribution < -0.4 is 5.32 Å². The van der Waals surface area contributed by atoms with E-state index in [9.17, 15) is 15.5 Å². The molecule has 32 heavy (non-hydrogen) atoms. The molecule has 0 aliphatic carbocycles. The van der Waals surface area contributed by atoms with Gasteiger partial charge < -0.3 is 20.3 Å². The summed E-state index contributed by atoms with van der Waals surface area (Å²) in [6, 6.07) is 13.1. The van der Waals surface area contributed by atoms with E-state index in [4.69, 9.17) is 4.74 Å². The zero-order valence-electron chi connectivity index (χ0n) is 16.6. The molecule has 0 bridgehead atoms. The molecule has 4 aromatic rings. The topological polar surface area (TPSA) is 142 Å². The van der Waals surface area contributed by atoms with Gasteiger partial charge in [0.15, 0.2) is 12.0 Å². The van der Waals surface area contributed by atoms with Gasteiger partial charge >= 0.3 is 0 Å². The molecule has 1 saturated heterocycles. The summed E-state index contributed by atoms with van der Waals surface area (Å²) in [6.45, 7) is 0.243. The normalized spacial score (nSPS) is 15.5.